The second-order valence-corrected chi connectivity index (χ2v) is 5.85. The van der Waals surface area contributed by atoms with Gasteiger partial charge in [0.05, 0.1) is 6.10 Å². The molecule has 0 rings (SSSR count). The summed E-state index contributed by atoms with van der Waals surface area (Å²) in [6.07, 6.45) is 15.0. The molecular weight excluding hydrogens is 220 g/mol. The summed E-state index contributed by atoms with van der Waals surface area (Å²) in [5.41, 5.74) is 0. The van der Waals surface area contributed by atoms with Crippen LogP contribution in [0.1, 0.15) is 97.8 Å². The van der Waals surface area contributed by atoms with Gasteiger partial charge < -0.3 is 5.11 Å². The van der Waals surface area contributed by atoms with Crippen molar-refractivity contribution in [3.8, 4) is 0 Å². The molecule has 0 saturated carbocycles. The molecule has 0 heterocycles. The molecular formula is C17H36O. The Morgan fingerprint density at radius 3 is 1.94 bits per heavy atom. The van der Waals surface area contributed by atoms with E-state index in [2.05, 4.69) is 20.8 Å². The van der Waals surface area contributed by atoms with E-state index in [1.54, 1.807) is 0 Å². The van der Waals surface area contributed by atoms with E-state index in [1.807, 2.05) is 0 Å². The van der Waals surface area contributed by atoms with Gasteiger partial charge in [-0.3, -0.25) is 0 Å². The second-order valence-electron chi connectivity index (χ2n) is 5.85. The van der Waals surface area contributed by atoms with Gasteiger partial charge in [0.1, 0.15) is 0 Å². The Morgan fingerprint density at radius 1 is 0.667 bits per heavy atom. The molecule has 0 fully saturated rings. The summed E-state index contributed by atoms with van der Waals surface area (Å²) < 4.78 is 0. The van der Waals surface area contributed by atoms with Crippen molar-refractivity contribution in [3.63, 3.8) is 0 Å². The highest BCUT2D eigenvalue weighted by Crippen LogP contribution is 2.20. The highest BCUT2D eigenvalue weighted by atomic mass is 16.3. The van der Waals surface area contributed by atoms with Gasteiger partial charge in [0.2, 0.25) is 0 Å². The lowest BCUT2D eigenvalue weighted by Gasteiger charge is -2.17. The largest absolute Gasteiger partial charge is 0.393 e. The molecule has 0 aliphatic carbocycles. The van der Waals surface area contributed by atoms with Crippen molar-refractivity contribution in [1.82, 2.24) is 0 Å². The van der Waals surface area contributed by atoms with Crippen molar-refractivity contribution in [2.45, 2.75) is 104 Å². The molecule has 0 aliphatic heterocycles. The summed E-state index contributed by atoms with van der Waals surface area (Å²) in [5, 5.41) is 9.98. The van der Waals surface area contributed by atoms with E-state index in [0.29, 0.717) is 0 Å². The summed E-state index contributed by atoms with van der Waals surface area (Å²) >= 11 is 0. The van der Waals surface area contributed by atoms with Crippen molar-refractivity contribution in [2.75, 3.05) is 0 Å². The van der Waals surface area contributed by atoms with E-state index in [9.17, 15) is 5.11 Å². The molecule has 0 spiro atoms. The highest BCUT2D eigenvalue weighted by Gasteiger charge is 2.10. The molecule has 0 aromatic carbocycles. The maximum absolute atomic E-state index is 9.98. The Labute approximate surface area is 115 Å². The van der Waals surface area contributed by atoms with Gasteiger partial charge in [-0.1, -0.05) is 78.6 Å². The highest BCUT2D eigenvalue weighted by molar-refractivity contribution is 4.63. The van der Waals surface area contributed by atoms with Gasteiger partial charge in [-0.2, -0.15) is 0 Å². The van der Waals surface area contributed by atoms with Crippen LogP contribution in [0.5, 0.6) is 0 Å². The lowest BCUT2D eigenvalue weighted by atomic mass is 9.92. The van der Waals surface area contributed by atoms with Crippen molar-refractivity contribution < 1.29 is 5.11 Å². The van der Waals surface area contributed by atoms with E-state index >= 15 is 0 Å². The average Bonchev–Trinajstić information content (AvgIpc) is 2.39. The molecule has 2 atom stereocenters. The Balaban J connectivity index is 3.45. The third kappa shape index (κ3) is 11.1. The van der Waals surface area contributed by atoms with E-state index in [0.717, 1.165) is 18.8 Å². The first-order chi connectivity index (χ1) is 8.74. The molecule has 0 amide bonds. The van der Waals surface area contributed by atoms with Crippen molar-refractivity contribution in [3.05, 3.63) is 0 Å². The summed E-state index contributed by atoms with van der Waals surface area (Å²) in [4.78, 5) is 0. The molecule has 1 N–H and O–H groups in total. The topological polar surface area (TPSA) is 20.2 Å². The van der Waals surface area contributed by atoms with Crippen LogP contribution < -0.4 is 0 Å². The van der Waals surface area contributed by atoms with Gasteiger partial charge in [-0.15, -0.1) is 0 Å². The maximum Gasteiger partial charge on any atom is 0.0540 e. The standard InChI is InChI=1S/C17H36O/c1-4-7-9-10-11-13-17(18)15-14-16(6-3)12-8-5-2/h16-18H,4-15H2,1-3H3. The van der Waals surface area contributed by atoms with Crippen LogP contribution in [0.25, 0.3) is 0 Å². The van der Waals surface area contributed by atoms with Gasteiger partial charge in [-0.25, -0.2) is 0 Å². The Morgan fingerprint density at radius 2 is 1.33 bits per heavy atom. The minimum Gasteiger partial charge on any atom is -0.393 e. The Hall–Kier alpha value is -0.0400. The van der Waals surface area contributed by atoms with Crippen molar-refractivity contribution >= 4 is 0 Å². The Kier molecular flexibility index (Phi) is 13.4. The molecule has 0 bridgehead atoms. The van der Waals surface area contributed by atoms with Crippen LogP contribution in [-0.2, 0) is 0 Å². The molecule has 0 aromatic rings. The molecule has 0 radical (unpaired) electrons. The first-order valence-corrected chi connectivity index (χ1v) is 8.42. The van der Waals surface area contributed by atoms with Crippen LogP contribution in [0.2, 0.25) is 0 Å². The fourth-order valence-corrected chi connectivity index (χ4v) is 2.60. The number of unbranched alkanes of at least 4 members (excludes halogenated alkanes) is 5. The molecule has 0 aromatic heterocycles. The van der Waals surface area contributed by atoms with E-state index in [1.165, 1.54) is 64.2 Å². The minimum atomic E-state index is -0.0395. The number of aliphatic hydroxyl groups excluding tert-OH is 1. The number of aliphatic hydroxyl groups is 1. The molecule has 0 aliphatic rings. The van der Waals surface area contributed by atoms with Crippen molar-refractivity contribution in [2.24, 2.45) is 5.92 Å². The fourth-order valence-electron chi connectivity index (χ4n) is 2.60. The fraction of sp³-hybridized carbons (Fsp3) is 1.00. The number of rotatable bonds is 13. The second kappa shape index (κ2) is 13.4. The third-order valence-corrected chi connectivity index (χ3v) is 4.09. The number of hydrogen-bond acceptors (Lipinski definition) is 1. The lowest BCUT2D eigenvalue weighted by Crippen LogP contribution is -2.10. The predicted molar refractivity (Wildman–Crippen MR) is 81.9 cm³/mol. The van der Waals surface area contributed by atoms with E-state index in [-0.39, 0.29) is 6.10 Å². The van der Waals surface area contributed by atoms with E-state index < -0.39 is 0 Å². The average molecular weight is 256 g/mol. The van der Waals surface area contributed by atoms with Gasteiger partial charge in [-0.05, 0) is 25.2 Å². The van der Waals surface area contributed by atoms with Crippen LogP contribution in [-0.4, -0.2) is 11.2 Å². The molecule has 110 valence electrons. The molecule has 18 heavy (non-hydrogen) atoms. The van der Waals surface area contributed by atoms with Crippen LogP contribution >= 0.6 is 0 Å². The SMILES string of the molecule is CCCCCCCC(O)CCC(CC)CCCC. The summed E-state index contributed by atoms with van der Waals surface area (Å²) in [5.74, 6) is 0.847. The Bertz CT molecular complexity index is 156. The maximum atomic E-state index is 9.98. The number of hydrogen-bond donors (Lipinski definition) is 1. The smallest absolute Gasteiger partial charge is 0.0540 e. The first kappa shape index (κ1) is 18.0. The van der Waals surface area contributed by atoms with Crippen molar-refractivity contribution in [1.29, 1.82) is 0 Å². The first-order valence-electron chi connectivity index (χ1n) is 8.42. The summed E-state index contributed by atoms with van der Waals surface area (Å²) in [7, 11) is 0. The zero-order chi connectivity index (χ0) is 13.6. The van der Waals surface area contributed by atoms with Crippen LogP contribution in [0.3, 0.4) is 0 Å². The normalized spacial score (nSPS) is 14.7. The minimum absolute atomic E-state index is 0.0395. The zero-order valence-electron chi connectivity index (χ0n) is 13.1. The summed E-state index contributed by atoms with van der Waals surface area (Å²) in [6.45, 7) is 6.80. The molecule has 1 heteroatoms. The van der Waals surface area contributed by atoms with Gasteiger partial charge in [0.15, 0.2) is 0 Å². The summed E-state index contributed by atoms with van der Waals surface area (Å²) in [6, 6.07) is 0. The van der Waals surface area contributed by atoms with Crippen LogP contribution in [0.4, 0.5) is 0 Å². The van der Waals surface area contributed by atoms with Gasteiger partial charge in [0, 0.05) is 0 Å². The molecule has 2 unspecified atom stereocenters. The zero-order valence-corrected chi connectivity index (χ0v) is 13.1. The molecule has 1 nitrogen and oxygen atoms in total. The van der Waals surface area contributed by atoms with E-state index in [4.69, 9.17) is 0 Å². The quantitative estimate of drug-likeness (QED) is 0.419. The van der Waals surface area contributed by atoms with Crippen LogP contribution in [0, 0.1) is 5.92 Å². The van der Waals surface area contributed by atoms with Gasteiger partial charge in [0.25, 0.3) is 0 Å². The van der Waals surface area contributed by atoms with Gasteiger partial charge >= 0.3 is 0 Å². The lowest BCUT2D eigenvalue weighted by molar-refractivity contribution is 0.139. The monoisotopic (exact) mass is 256 g/mol. The predicted octanol–water partition coefficient (Wildman–Crippen LogP) is 5.70. The van der Waals surface area contributed by atoms with Crippen LogP contribution in [0.15, 0.2) is 0 Å². The molecule has 0 saturated heterocycles. The third-order valence-electron chi connectivity index (χ3n) is 4.09.